The molecule has 2 aromatic heterocycles. The van der Waals surface area contributed by atoms with Gasteiger partial charge in [0, 0.05) is 19.2 Å². The molecule has 0 fully saturated rings. The van der Waals surface area contributed by atoms with E-state index in [0.29, 0.717) is 29.9 Å². The van der Waals surface area contributed by atoms with Crippen LogP contribution in [0, 0.1) is 13.8 Å². The second-order valence-electron chi connectivity index (χ2n) is 8.16. The molecule has 1 atom stereocenters. The van der Waals surface area contributed by atoms with Gasteiger partial charge in [0.2, 0.25) is 11.8 Å². The van der Waals surface area contributed by atoms with Gasteiger partial charge in [-0.3, -0.25) is 4.79 Å². The zero-order valence-corrected chi connectivity index (χ0v) is 19.5. The number of fused-ring (bicyclic) bond motifs is 1. The number of nitrogens with zero attached hydrogens (tertiary/aromatic N) is 3. The minimum atomic E-state index is -4.43. The molecule has 1 N–H and O–H groups in total. The fourth-order valence-corrected chi connectivity index (χ4v) is 4.15. The third-order valence-corrected chi connectivity index (χ3v) is 5.85. The third kappa shape index (κ3) is 5.29. The number of amides is 1. The Morgan fingerprint density at radius 2 is 2.00 bits per heavy atom. The van der Waals surface area contributed by atoms with Crippen LogP contribution in [-0.2, 0) is 24.4 Å². The molecule has 1 amide bonds. The van der Waals surface area contributed by atoms with Gasteiger partial charge < -0.3 is 10.1 Å². The topological polar surface area (TPSA) is 69.0 Å². The SMILES string of the molecule is CCCC(NC(=O)CCc1c(C)nc2c(c(OC)nn2C)c1C)c1cccc(C(F)(F)F)c1. The summed E-state index contributed by atoms with van der Waals surface area (Å²) in [6.07, 6.45) is -2.51. The van der Waals surface area contributed by atoms with Crippen LogP contribution in [0.3, 0.4) is 0 Å². The summed E-state index contributed by atoms with van der Waals surface area (Å²) in [5.41, 5.74) is 3.15. The second kappa shape index (κ2) is 9.80. The number of rotatable bonds is 8. The van der Waals surface area contributed by atoms with Crippen LogP contribution in [0.1, 0.15) is 60.2 Å². The molecule has 0 aliphatic carbocycles. The molecule has 2 heterocycles. The second-order valence-corrected chi connectivity index (χ2v) is 8.16. The first-order valence-electron chi connectivity index (χ1n) is 10.9. The molecular weight excluding hydrogens is 433 g/mol. The smallest absolute Gasteiger partial charge is 0.416 e. The maximum atomic E-state index is 13.1. The minimum absolute atomic E-state index is 0.191. The van der Waals surface area contributed by atoms with E-state index in [1.807, 2.05) is 20.8 Å². The number of aromatic nitrogens is 3. The maximum absolute atomic E-state index is 13.1. The minimum Gasteiger partial charge on any atom is -0.479 e. The first-order valence-corrected chi connectivity index (χ1v) is 10.9. The molecule has 6 nitrogen and oxygen atoms in total. The highest BCUT2D eigenvalue weighted by molar-refractivity contribution is 5.86. The fourth-order valence-electron chi connectivity index (χ4n) is 4.15. The molecule has 0 radical (unpaired) electrons. The zero-order valence-electron chi connectivity index (χ0n) is 19.5. The lowest BCUT2D eigenvalue weighted by molar-refractivity contribution is -0.137. The highest BCUT2D eigenvalue weighted by atomic mass is 19.4. The predicted molar refractivity (Wildman–Crippen MR) is 120 cm³/mol. The van der Waals surface area contributed by atoms with Gasteiger partial charge in [-0.1, -0.05) is 25.5 Å². The number of aryl methyl sites for hydroxylation is 3. The lowest BCUT2D eigenvalue weighted by Gasteiger charge is -2.20. The standard InChI is InChI=1S/C24H29F3N4O2/c1-6-8-19(16-9-7-10-17(13-16)24(25,26)27)29-20(32)12-11-18-14(2)21-22(28-15(18)3)31(4)30-23(21)33-5/h7,9-10,13,19H,6,8,11-12H2,1-5H3,(H,29,32). The highest BCUT2D eigenvalue weighted by Crippen LogP contribution is 2.32. The Labute approximate surface area is 191 Å². The summed E-state index contributed by atoms with van der Waals surface area (Å²) in [5.74, 6) is 0.263. The molecule has 0 spiro atoms. The molecular formula is C24H29F3N4O2. The summed E-state index contributed by atoms with van der Waals surface area (Å²) < 4.78 is 46.4. The summed E-state index contributed by atoms with van der Waals surface area (Å²) in [6.45, 7) is 5.78. The Bertz CT molecular complexity index is 1150. The molecule has 0 bridgehead atoms. The van der Waals surface area contributed by atoms with E-state index in [2.05, 4.69) is 15.4 Å². The van der Waals surface area contributed by atoms with Gasteiger partial charge in [0.25, 0.3) is 0 Å². The van der Waals surface area contributed by atoms with Crippen LogP contribution in [0.5, 0.6) is 5.88 Å². The van der Waals surface area contributed by atoms with Gasteiger partial charge >= 0.3 is 6.18 Å². The van der Waals surface area contributed by atoms with Crippen LogP contribution in [0.15, 0.2) is 24.3 Å². The van der Waals surface area contributed by atoms with Gasteiger partial charge in [0.15, 0.2) is 5.65 Å². The van der Waals surface area contributed by atoms with Crippen LogP contribution in [-0.4, -0.2) is 27.8 Å². The van der Waals surface area contributed by atoms with E-state index in [4.69, 9.17) is 4.74 Å². The predicted octanol–water partition coefficient (Wildman–Crippen LogP) is 5.20. The fraction of sp³-hybridized carbons (Fsp3) is 0.458. The Balaban J connectivity index is 1.78. The summed E-state index contributed by atoms with van der Waals surface area (Å²) in [5, 5.41) is 8.07. The number of ether oxygens (including phenoxy) is 1. The number of methoxy groups -OCH3 is 1. The Hall–Kier alpha value is -3.10. The summed E-state index contributed by atoms with van der Waals surface area (Å²) in [7, 11) is 3.35. The van der Waals surface area contributed by atoms with Crippen molar-refractivity contribution in [3.8, 4) is 5.88 Å². The largest absolute Gasteiger partial charge is 0.479 e. The number of benzene rings is 1. The zero-order chi connectivity index (χ0) is 24.3. The summed E-state index contributed by atoms with van der Waals surface area (Å²) >= 11 is 0. The van der Waals surface area contributed by atoms with Gasteiger partial charge in [0.05, 0.1) is 24.1 Å². The van der Waals surface area contributed by atoms with E-state index < -0.39 is 17.8 Å². The molecule has 9 heteroatoms. The lowest BCUT2D eigenvalue weighted by atomic mass is 9.98. The van der Waals surface area contributed by atoms with E-state index >= 15 is 0 Å². The number of hydrogen-bond acceptors (Lipinski definition) is 4. The van der Waals surface area contributed by atoms with E-state index in [9.17, 15) is 18.0 Å². The van der Waals surface area contributed by atoms with Gasteiger partial charge in [-0.25, -0.2) is 9.67 Å². The molecule has 0 aliphatic rings. The van der Waals surface area contributed by atoms with Crippen molar-refractivity contribution < 1.29 is 22.7 Å². The molecule has 178 valence electrons. The van der Waals surface area contributed by atoms with E-state index in [-0.39, 0.29) is 12.3 Å². The lowest BCUT2D eigenvalue weighted by Crippen LogP contribution is -2.29. The number of carbonyl (C=O) groups is 1. The average Bonchev–Trinajstić information content (AvgIpc) is 3.08. The van der Waals surface area contributed by atoms with Crippen LogP contribution in [0.25, 0.3) is 11.0 Å². The van der Waals surface area contributed by atoms with Crippen molar-refractivity contribution in [2.45, 2.75) is 58.7 Å². The molecule has 1 unspecified atom stereocenters. The maximum Gasteiger partial charge on any atom is 0.416 e. The molecule has 0 aliphatic heterocycles. The highest BCUT2D eigenvalue weighted by Gasteiger charge is 2.31. The van der Waals surface area contributed by atoms with Crippen LogP contribution >= 0.6 is 0 Å². The van der Waals surface area contributed by atoms with Crippen LogP contribution in [0.2, 0.25) is 0 Å². The van der Waals surface area contributed by atoms with Crippen molar-refractivity contribution in [1.82, 2.24) is 20.1 Å². The van der Waals surface area contributed by atoms with Gasteiger partial charge in [-0.05, 0) is 55.5 Å². The van der Waals surface area contributed by atoms with Gasteiger partial charge in [0.1, 0.15) is 0 Å². The number of alkyl halides is 3. The molecule has 3 aromatic rings. The van der Waals surface area contributed by atoms with Gasteiger partial charge in [-0.2, -0.15) is 13.2 Å². The number of nitrogens with one attached hydrogen (secondary N) is 1. The first-order chi connectivity index (χ1) is 15.6. The average molecular weight is 463 g/mol. The van der Waals surface area contributed by atoms with Crippen molar-refractivity contribution in [1.29, 1.82) is 0 Å². The van der Waals surface area contributed by atoms with Crippen LogP contribution in [0.4, 0.5) is 13.2 Å². The van der Waals surface area contributed by atoms with Crippen molar-refractivity contribution >= 4 is 16.9 Å². The first kappa shape index (κ1) is 24.5. The van der Waals surface area contributed by atoms with Crippen molar-refractivity contribution in [3.63, 3.8) is 0 Å². The Morgan fingerprint density at radius 3 is 2.64 bits per heavy atom. The van der Waals surface area contributed by atoms with E-state index in [1.165, 1.54) is 6.07 Å². The van der Waals surface area contributed by atoms with Crippen molar-refractivity contribution in [2.75, 3.05) is 7.11 Å². The van der Waals surface area contributed by atoms with Crippen LogP contribution < -0.4 is 10.1 Å². The molecule has 0 saturated carbocycles. The Morgan fingerprint density at radius 1 is 1.27 bits per heavy atom. The van der Waals surface area contributed by atoms with Gasteiger partial charge in [-0.15, -0.1) is 5.10 Å². The normalized spacial score (nSPS) is 12.7. The number of halogens is 3. The van der Waals surface area contributed by atoms with Crippen molar-refractivity contribution in [3.05, 3.63) is 52.2 Å². The third-order valence-electron chi connectivity index (χ3n) is 5.85. The Kier molecular flexibility index (Phi) is 7.29. The monoisotopic (exact) mass is 462 g/mol. The molecule has 3 rings (SSSR count). The van der Waals surface area contributed by atoms with E-state index in [1.54, 1.807) is 24.9 Å². The number of carbonyl (C=O) groups excluding carboxylic acids is 1. The number of pyridine rings is 1. The van der Waals surface area contributed by atoms with Crippen molar-refractivity contribution in [2.24, 2.45) is 7.05 Å². The van der Waals surface area contributed by atoms with E-state index in [0.717, 1.165) is 40.8 Å². The molecule has 33 heavy (non-hydrogen) atoms. The number of hydrogen-bond donors (Lipinski definition) is 1. The summed E-state index contributed by atoms with van der Waals surface area (Å²) in [6, 6.07) is 4.67. The summed E-state index contributed by atoms with van der Waals surface area (Å²) in [4.78, 5) is 17.4. The molecule has 1 aromatic carbocycles. The molecule has 0 saturated heterocycles. The quantitative estimate of drug-likeness (QED) is 0.499.